The third-order valence-electron chi connectivity index (χ3n) is 1.93. The summed E-state index contributed by atoms with van der Waals surface area (Å²) in [6, 6.07) is 8.62. The average Bonchev–Trinajstić information content (AvgIpc) is 2.34. The highest BCUT2D eigenvalue weighted by atomic mass is 16.5. The molecule has 0 bridgehead atoms. The molecule has 0 amide bonds. The summed E-state index contributed by atoms with van der Waals surface area (Å²) in [5, 5.41) is 17.1. The maximum absolute atomic E-state index is 11.4. The van der Waals surface area contributed by atoms with Gasteiger partial charge in [-0.3, -0.25) is 0 Å². The van der Waals surface area contributed by atoms with Crippen LogP contribution in [0.15, 0.2) is 42.0 Å². The van der Waals surface area contributed by atoms with E-state index >= 15 is 0 Å². The van der Waals surface area contributed by atoms with Gasteiger partial charge >= 0.3 is 17.9 Å². The Morgan fingerprint density at radius 3 is 2.22 bits per heavy atom. The number of hydrogen-bond acceptors (Lipinski definition) is 4. The lowest BCUT2D eigenvalue weighted by molar-refractivity contribution is -0.146. The van der Waals surface area contributed by atoms with E-state index in [1.165, 1.54) is 0 Å². The van der Waals surface area contributed by atoms with E-state index in [-0.39, 0.29) is 6.61 Å². The lowest BCUT2D eigenvalue weighted by atomic mass is 10.2. The van der Waals surface area contributed by atoms with E-state index in [9.17, 15) is 14.4 Å². The van der Waals surface area contributed by atoms with Crippen molar-refractivity contribution in [3.8, 4) is 0 Å². The van der Waals surface area contributed by atoms with Crippen molar-refractivity contribution in [2.24, 2.45) is 0 Å². The quantitative estimate of drug-likeness (QED) is 0.347. The first kappa shape index (κ1) is 13.4. The van der Waals surface area contributed by atoms with Gasteiger partial charge in [-0.1, -0.05) is 30.3 Å². The molecule has 0 heterocycles. The van der Waals surface area contributed by atoms with Crippen LogP contribution in [-0.2, 0) is 25.7 Å². The molecule has 0 unspecified atom stereocenters. The number of carbonyl (C=O) groups excluding carboxylic acids is 1. The zero-order valence-electron chi connectivity index (χ0n) is 9.20. The molecule has 0 fully saturated rings. The van der Waals surface area contributed by atoms with Gasteiger partial charge < -0.3 is 14.9 Å². The van der Waals surface area contributed by atoms with E-state index < -0.39 is 23.5 Å². The predicted molar refractivity (Wildman–Crippen MR) is 59.6 cm³/mol. The van der Waals surface area contributed by atoms with Crippen molar-refractivity contribution in [1.29, 1.82) is 0 Å². The van der Waals surface area contributed by atoms with Crippen LogP contribution < -0.4 is 0 Å². The molecule has 0 aliphatic heterocycles. The maximum Gasteiger partial charge on any atom is 0.346 e. The summed E-state index contributed by atoms with van der Waals surface area (Å²) in [5.74, 6) is -4.35. The summed E-state index contributed by atoms with van der Waals surface area (Å²) < 4.78 is 4.70. The number of hydrogen-bond donors (Lipinski definition) is 2. The number of ether oxygens (including phenoxy) is 1. The highest BCUT2D eigenvalue weighted by molar-refractivity contribution is 6.16. The van der Waals surface area contributed by atoms with Gasteiger partial charge in [0.2, 0.25) is 0 Å². The van der Waals surface area contributed by atoms with Gasteiger partial charge in [0, 0.05) is 6.08 Å². The summed E-state index contributed by atoms with van der Waals surface area (Å²) in [5.41, 5.74) is -0.246. The minimum atomic E-state index is -1.64. The molecule has 6 nitrogen and oxygen atoms in total. The summed E-state index contributed by atoms with van der Waals surface area (Å²) >= 11 is 0. The van der Waals surface area contributed by atoms with Crippen LogP contribution in [0.2, 0.25) is 0 Å². The second-order valence-electron chi connectivity index (χ2n) is 3.26. The molecule has 0 atom stereocenters. The second-order valence-corrected chi connectivity index (χ2v) is 3.26. The van der Waals surface area contributed by atoms with Crippen LogP contribution in [0.3, 0.4) is 0 Å². The average molecular weight is 250 g/mol. The van der Waals surface area contributed by atoms with E-state index in [0.29, 0.717) is 11.6 Å². The SMILES string of the molecule is O=C(O)/C=C(\C(=O)O)C(=O)OCc1ccccc1. The zero-order chi connectivity index (χ0) is 13.5. The minimum Gasteiger partial charge on any atom is -0.478 e. The van der Waals surface area contributed by atoms with Crippen molar-refractivity contribution in [2.75, 3.05) is 0 Å². The molecule has 2 N–H and O–H groups in total. The Morgan fingerprint density at radius 1 is 1.11 bits per heavy atom. The van der Waals surface area contributed by atoms with E-state index in [4.69, 9.17) is 14.9 Å². The fourth-order valence-corrected chi connectivity index (χ4v) is 1.13. The van der Waals surface area contributed by atoms with Crippen molar-refractivity contribution < 1.29 is 29.3 Å². The topological polar surface area (TPSA) is 101 Å². The predicted octanol–water partition coefficient (Wildman–Crippen LogP) is 0.825. The summed E-state index contributed by atoms with van der Waals surface area (Å²) in [4.78, 5) is 32.4. The van der Waals surface area contributed by atoms with Crippen LogP contribution in [-0.4, -0.2) is 28.1 Å². The number of carboxylic acids is 2. The lowest BCUT2D eigenvalue weighted by Crippen LogP contribution is -2.16. The van der Waals surface area contributed by atoms with Gasteiger partial charge in [0.25, 0.3) is 0 Å². The molecule has 1 rings (SSSR count). The molecule has 6 heteroatoms. The van der Waals surface area contributed by atoms with Gasteiger partial charge in [-0.2, -0.15) is 0 Å². The van der Waals surface area contributed by atoms with Gasteiger partial charge in [-0.15, -0.1) is 0 Å². The number of rotatable bonds is 5. The summed E-state index contributed by atoms with van der Waals surface area (Å²) in [6.07, 6.45) is 0.301. The van der Waals surface area contributed by atoms with Crippen LogP contribution in [0.1, 0.15) is 5.56 Å². The van der Waals surface area contributed by atoms with Gasteiger partial charge in [-0.05, 0) is 5.56 Å². The third-order valence-corrected chi connectivity index (χ3v) is 1.93. The normalized spacial score (nSPS) is 10.8. The molecule has 1 aromatic carbocycles. The highest BCUT2D eigenvalue weighted by Gasteiger charge is 2.20. The van der Waals surface area contributed by atoms with Crippen LogP contribution in [0.5, 0.6) is 0 Å². The Balaban J connectivity index is 2.69. The Kier molecular flexibility index (Phi) is 4.62. The number of benzene rings is 1. The first-order valence-corrected chi connectivity index (χ1v) is 4.89. The molecule has 94 valence electrons. The van der Waals surface area contributed by atoms with Crippen molar-refractivity contribution in [3.63, 3.8) is 0 Å². The van der Waals surface area contributed by atoms with Gasteiger partial charge in [0.15, 0.2) is 5.57 Å². The molecule has 0 radical (unpaired) electrons. The highest BCUT2D eigenvalue weighted by Crippen LogP contribution is 2.05. The van der Waals surface area contributed by atoms with Crippen molar-refractivity contribution >= 4 is 17.9 Å². The van der Waals surface area contributed by atoms with E-state index in [1.54, 1.807) is 30.3 Å². The van der Waals surface area contributed by atoms with Gasteiger partial charge in [-0.25, -0.2) is 14.4 Å². The number of aliphatic carboxylic acids is 2. The van der Waals surface area contributed by atoms with E-state index in [1.807, 2.05) is 0 Å². The summed E-state index contributed by atoms with van der Waals surface area (Å²) in [6.45, 7) is -0.121. The number of esters is 1. The molecule has 0 saturated carbocycles. The molecular formula is C12H10O6. The van der Waals surface area contributed by atoms with Gasteiger partial charge in [0.1, 0.15) is 6.61 Å². The largest absolute Gasteiger partial charge is 0.478 e. The fourth-order valence-electron chi connectivity index (χ4n) is 1.13. The molecule has 0 saturated heterocycles. The molecule has 0 aromatic heterocycles. The van der Waals surface area contributed by atoms with Crippen LogP contribution in [0, 0.1) is 0 Å². The van der Waals surface area contributed by atoms with Gasteiger partial charge in [0.05, 0.1) is 0 Å². The molecule has 0 aliphatic carbocycles. The molecule has 1 aromatic rings. The van der Waals surface area contributed by atoms with E-state index in [0.717, 1.165) is 0 Å². The second kappa shape index (κ2) is 6.19. The van der Waals surface area contributed by atoms with Crippen LogP contribution in [0.25, 0.3) is 0 Å². The van der Waals surface area contributed by atoms with Crippen molar-refractivity contribution in [1.82, 2.24) is 0 Å². The summed E-state index contributed by atoms with van der Waals surface area (Å²) in [7, 11) is 0. The Hall–Kier alpha value is -2.63. The lowest BCUT2D eigenvalue weighted by Gasteiger charge is -2.04. The molecular weight excluding hydrogens is 240 g/mol. The van der Waals surface area contributed by atoms with Crippen molar-refractivity contribution in [2.45, 2.75) is 6.61 Å². The minimum absolute atomic E-state index is 0.121. The Bertz CT molecular complexity index is 489. The Labute approximate surface area is 102 Å². The monoisotopic (exact) mass is 250 g/mol. The molecule has 18 heavy (non-hydrogen) atoms. The molecule has 0 spiro atoms. The van der Waals surface area contributed by atoms with E-state index in [2.05, 4.69) is 0 Å². The van der Waals surface area contributed by atoms with Crippen LogP contribution in [0.4, 0.5) is 0 Å². The first-order valence-electron chi connectivity index (χ1n) is 4.89. The third kappa shape index (κ3) is 4.09. The Morgan fingerprint density at radius 2 is 1.72 bits per heavy atom. The number of carboxylic acid groups (broad SMARTS) is 2. The smallest absolute Gasteiger partial charge is 0.346 e. The first-order chi connectivity index (χ1) is 8.50. The number of carbonyl (C=O) groups is 3. The maximum atomic E-state index is 11.4. The zero-order valence-corrected chi connectivity index (χ0v) is 9.20. The van der Waals surface area contributed by atoms with Crippen LogP contribution >= 0.6 is 0 Å². The fraction of sp³-hybridized carbons (Fsp3) is 0.0833. The standard InChI is InChI=1S/C12H10O6/c13-10(14)6-9(11(15)16)12(17)18-7-8-4-2-1-3-5-8/h1-6H,7H2,(H,13,14)(H,15,16)/b9-6+. The molecule has 0 aliphatic rings. The van der Waals surface area contributed by atoms with Crippen molar-refractivity contribution in [3.05, 3.63) is 47.5 Å².